The molecule has 22 heavy (non-hydrogen) atoms. The van der Waals surface area contributed by atoms with E-state index >= 15 is 0 Å². The van der Waals surface area contributed by atoms with Crippen LogP contribution in [0.15, 0.2) is 53.6 Å². The monoisotopic (exact) mass is 317 g/mol. The van der Waals surface area contributed by atoms with Crippen molar-refractivity contribution in [3.63, 3.8) is 0 Å². The molecule has 1 heterocycles. The lowest BCUT2D eigenvalue weighted by molar-refractivity contribution is -0.390. The Morgan fingerprint density at radius 3 is 2.50 bits per heavy atom. The van der Waals surface area contributed by atoms with E-state index in [1.807, 2.05) is 12.1 Å². The van der Waals surface area contributed by atoms with Gasteiger partial charge in [-0.25, -0.2) is 4.98 Å². The first kappa shape index (κ1) is 14.2. The molecule has 0 aliphatic carbocycles. The van der Waals surface area contributed by atoms with Gasteiger partial charge in [-0.2, -0.15) is 8.42 Å². The standard InChI is InChI=1S/C14H11N3O4S/c1-10-15-9-14(17(18)19)16(10)22(20,21)13-7-6-11-4-2-3-5-12(11)8-13/h2-9H,1H3. The van der Waals surface area contributed by atoms with Crippen LogP contribution in [-0.2, 0) is 10.0 Å². The Morgan fingerprint density at radius 1 is 1.14 bits per heavy atom. The molecule has 112 valence electrons. The Hall–Kier alpha value is -2.74. The number of aromatic nitrogens is 2. The predicted octanol–water partition coefficient (Wildman–Crippen LogP) is 2.49. The second kappa shape index (κ2) is 4.92. The highest BCUT2D eigenvalue weighted by atomic mass is 32.2. The van der Waals surface area contributed by atoms with Gasteiger partial charge in [0.25, 0.3) is 0 Å². The van der Waals surface area contributed by atoms with E-state index < -0.39 is 20.8 Å². The van der Waals surface area contributed by atoms with E-state index in [9.17, 15) is 18.5 Å². The molecule has 0 unspecified atom stereocenters. The molecular formula is C14H11N3O4S. The molecule has 0 aliphatic rings. The van der Waals surface area contributed by atoms with Crippen LogP contribution >= 0.6 is 0 Å². The van der Waals surface area contributed by atoms with Crippen LogP contribution in [0.5, 0.6) is 0 Å². The van der Waals surface area contributed by atoms with E-state index in [1.54, 1.807) is 18.2 Å². The molecule has 1 aromatic heterocycles. The zero-order valence-electron chi connectivity index (χ0n) is 11.5. The summed E-state index contributed by atoms with van der Waals surface area (Å²) in [5.74, 6) is -0.537. The minimum Gasteiger partial charge on any atom is -0.358 e. The third-order valence-electron chi connectivity index (χ3n) is 3.32. The van der Waals surface area contributed by atoms with Gasteiger partial charge < -0.3 is 10.1 Å². The van der Waals surface area contributed by atoms with Gasteiger partial charge in [-0.1, -0.05) is 34.3 Å². The molecule has 7 nitrogen and oxygen atoms in total. The lowest BCUT2D eigenvalue weighted by Crippen LogP contribution is -2.16. The van der Waals surface area contributed by atoms with Gasteiger partial charge in [0.2, 0.25) is 5.82 Å². The van der Waals surface area contributed by atoms with Crippen LogP contribution in [0.3, 0.4) is 0 Å². The van der Waals surface area contributed by atoms with E-state index in [0.717, 1.165) is 17.0 Å². The molecule has 0 spiro atoms. The quantitative estimate of drug-likeness (QED) is 0.546. The molecule has 0 aliphatic heterocycles. The first-order chi connectivity index (χ1) is 10.4. The normalized spacial score (nSPS) is 11.7. The Bertz CT molecular complexity index is 992. The molecule has 0 radical (unpaired) electrons. The summed E-state index contributed by atoms with van der Waals surface area (Å²) in [7, 11) is -4.08. The van der Waals surface area contributed by atoms with Gasteiger partial charge in [-0.05, 0) is 27.8 Å². The van der Waals surface area contributed by atoms with Crippen LogP contribution in [0, 0.1) is 17.0 Å². The fourth-order valence-corrected chi connectivity index (χ4v) is 3.76. The van der Waals surface area contributed by atoms with Crippen molar-refractivity contribution in [2.24, 2.45) is 0 Å². The summed E-state index contributed by atoms with van der Waals surface area (Å²) >= 11 is 0. The molecule has 0 N–H and O–H groups in total. The average molecular weight is 317 g/mol. The molecule has 3 aromatic rings. The van der Waals surface area contributed by atoms with E-state index in [0.29, 0.717) is 3.97 Å². The molecule has 0 saturated heterocycles. The molecule has 0 amide bonds. The lowest BCUT2D eigenvalue weighted by atomic mass is 10.1. The van der Waals surface area contributed by atoms with Gasteiger partial charge in [0.1, 0.15) is 11.1 Å². The highest BCUT2D eigenvalue weighted by Gasteiger charge is 2.31. The van der Waals surface area contributed by atoms with Crippen molar-refractivity contribution in [3.05, 3.63) is 64.6 Å². The topological polar surface area (TPSA) is 95.1 Å². The minimum atomic E-state index is -4.08. The molecule has 0 bridgehead atoms. The van der Waals surface area contributed by atoms with Crippen LogP contribution in [0.2, 0.25) is 0 Å². The number of rotatable bonds is 3. The third-order valence-corrected chi connectivity index (χ3v) is 5.10. The van der Waals surface area contributed by atoms with Gasteiger partial charge >= 0.3 is 15.8 Å². The second-order valence-electron chi connectivity index (χ2n) is 4.70. The maximum Gasteiger partial charge on any atom is 0.358 e. The van der Waals surface area contributed by atoms with Crippen LogP contribution in [-0.4, -0.2) is 22.3 Å². The Balaban J connectivity index is 2.24. The van der Waals surface area contributed by atoms with E-state index in [1.165, 1.54) is 19.1 Å². The van der Waals surface area contributed by atoms with Crippen molar-refractivity contribution in [2.45, 2.75) is 11.8 Å². The van der Waals surface area contributed by atoms with Gasteiger partial charge in [0.15, 0.2) is 0 Å². The summed E-state index contributed by atoms with van der Waals surface area (Å²) < 4.78 is 26.1. The Kier molecular flexibility index (Phi) is 3.18. The largest absolute Gasteiger partial charge is 0.358 e. The first-order valence-electron chi connectivity index (χ1n) is 6.34. The van der Waals surface area contributed by atoms with E-state index in [4.69, 9.17) is 0 Å². The number of hydrogen-bond acceptors (Lipinski definition) is 5. The van der Waals surface area contributed by atoms with Crippen LogP contribution < -0.4 is 0 Å². The average Bonchev–Trinajstić information content (AvgIpc) is 2.89. The number of nitrogens with zero attached hydrogens (tertiary/aromatic N) is 3. The first-order valence-corrected chi connectivity index (χ1v) is 7.78. The number of fused-ring (bicyclic) bond motifs is 1. The molecule has 0 atom stereocenters. The van der Waals surface area contributed by atoms with E-state index in [2.05, 4.69) is 4.98 Å². The summed E-state index contributed by atoms with van der Waals surface area (Å²) in [6.07, 6.45) is 0.938. The zero-order valence-corrected chi connectivity index (χ0v) is 12.3. The van der Waals surface area contributed by atoms with Crippen LogP contribution in [0.4, 0.5) is 5.82 Å². The van der Waals surface area contributed by atoms with Gasteiger partial charge in [-0.3, -0.25) is 0 Å². The smallest absolute Gasteiger partial charge is 0.358 e. The van der Waals surface area contributed by atoms with Crippen LogP contribution in [0.1, 0.15) is 5.82 Å². The second-order valence-corrected chi connectivity index (χ2v) is 6.49. The van der Waals surface area contributed by atoms with Gasteiger partial charge in [-0.15, -0.1) is 0 Å². The highest BCUT2D eigenvalue weighted by Crippen LogP contribution is 2.25. The summed E-state index contributed by atoms with van der Waals surface area (Å²) in [4.78, 5) is 14.0. The number of hydrogen-bond donors (Lipinski definition) is 0. The predicted molar refractivity (Wildman–Crippen MR) is 80.2 cm³/mol. The Labute approximate surface area is 126 Å². The van der Waals surface area contributed by atoms with E-state index in [-0.39, 0.29) is 10.7 Å². The molecular weight excluding hydrogens is 306 g/mol. The number of imidazole rings is 1. The maximum absolute atomic E-state index is 12.7. The molecule has 8 heteroatoms. The summed E-state index contributed by atoms with van der Waals surface area (Å²) in [6, 6.07) is 11.9. The molecule has 2 aromatic carbocycles. The molecule has 0 fully saturated rings. The van der Waals surface area contributed by atoms with Crippen molar-refractivity contribution < 1.29 is 13.3 Å². The van der Waals surface area contributed by atoms with Crippen molar-refractivity contribution in [1.29, 1.82) is 0 Å². The van der Waals surface area contributed by atoms with Gasteiger partial charge in [0, 0.05) is 6.92 Å². The van der Waals surface area contributed by atoms with Gasteiger partial charge in [0.05, 0.1) is 0 Å². The number of benzene rings is 2. The lowest BCUT2D eigenvalue weighted by Gasteiger charge is -2.05. The fourth-order valence-electron chi connectivity index (χ4n) is 2.27. The van der Waals surface area contributed by atoms with Crippen molar-refractivity contribution in [2.75, 3.05) is 0 Å². The molecule has 0 saturated carbocycles. The SMILES string of the molecule is Cc1ncc([N+](=O)[O-])n1S(=O)(=O)c1ccc2ccccc2c1. The summed E-state index contributed by atoms with van der Waals surface area (Å²) in [5, 5.41) is 12.6. The fraction of sp³-hybridized carbons (Fsp3) is 0.0714. The molecule has 3 rings (SSSR count). The zero-order chi connectivity index (χ0) is 15.9. The highest BCUT2D eigenvalue weighted by molar-refractivity contribution is 7.90. The van der Waals surface area contributed by atoms with Crippen molar-refractivity contribution >= 4 is 26.6 Å². The third kappa shape index (κ3) is 2.13. The number of nitro groups is 1. The summed E-state index contributed by atoms with van der Waals surface area (Å²) in [6.45, 7) is 1.41. The van der Waals surface area contributed by atoms with Crippen molar-refractivity contribution in [3.8, 4) is 0 Å². The Morgan fingerprint density at radius 2 is 1.82 bits per heavy atom. The van der Waals surface area contributed by atoms with Crippen LogP contribution in [0.25, 0.3) is 10.8 Å². The number of aryl methyl sites for hydroxylation is 1. The summed E-state index contributed by atoms with van der Waals surface area (Å²) in [5.41, 5.74) is 0. The maximum atomic E-state index is 12.7. The van der Waals surface area contributed by atoms with Crippen molar-refractivity contribution in [1.82, 2.24) is 8.96 Å². The minimum absolute atomic E-state index is 0.0181.